The minimum atomic E-state index is -3.79. The van der Waals surface area contributed by atoms with Gasteiger partial charge in [-0.3, -0.25) is 4.79 Å². The van der Waals surface area contributed by atoms with Crippen molar-refractivity contribution in [3.05, 3.63) is 23.8 Å². The quantitative estimate of drug-likeness (QED) is 0.621. The van der Waals surface area contributed by atoms with E-state index in [1.807, 2.05) is 20.8 Å². The van der Waals surface area contributed by atoms with E-state index in [9.17, 15) is 13.2 Å². The van der Waals surface area contributed by atoms with Crippen molar-refractivity contribution in [2.75, 3.05) is 13.7 Å². The first-order valence-electron chi connectivity index (χ1n) is 9.36. The first-order chi connectivity index (χ1) is 12.6. The lowest BCUT2D eigenvalue weighted by Gasteiger charge is -2.33. The van der Waals surface area contributed by atoms with E-state index in [1.54, 1.807) is 6.07 Å². The van der Waals surface area contributed by atoms with Crippen LogP contribution in [0.2, 0.25) is 0 Å². The summed E-state index contributed by atoms with van der Waals surface area (Å²) in [6, 6.07) is 4.36. The minimum absolute atomic E-state index is 0.0245. The van der Waals surface area contributed by atoms with Crippen LogP contribution in [0.25, 0.3) is 0 Å². The highest BCUT2D eigenvalue weighted by Gasteiger charge is 2.30. The lowest BCUT2D eigenvalue weighted by atomic mass is 9.88. The van der Waals surface area contributed by atoms with Crippen molar-refractivity contribution in [1.82, 2.24) is 10.0 Å². The highest BCUT2D eigenvalue weighted by Crippen LogP contribution is 2.27. The molecule has 0 heterocycles. The fraction of sp³-hybridized carbons (Fsp3) is 0.632. The predicted molar refractivity (Wildman–Crippen MR) is 105 cm³/mol. The average molecular weight is 398 g/mol. The summed E-state index contributed by atoms with van der Waals surface area (Å²) in [6.07, 6.45) is 3.68. The fourth-order valence-corrected chi connectivity index (χ4v) is 4.62. The third-order valence-electron chi connectivity index (χ3n) is 5.49. The molecule has 4 N–H and O–H groups in total. The molecule has 7 nitrogen and oxygen atoms in total. The van der Waals surface area contributed by atoms with Crippen molar-refractivity contribution in [3.8, 4) is 5.75 Å². The van der Waals surface area contributed by atoms with Crippen molar-refractivity contribution >= 4 is 15.9 Å². The first-order valence-corrected chi connectivity index (χ1v) is 10.8. The van der Waals surface area contributed by atoms with Gasteiger partial charge in [0.2, 0.25) is 10.0 Å². The number of carbonyl (C=O) groups excluding carboxylic acids is 1. The Morgan fingerprint density at radius 3 is 2.48 bits per heavy atom. The number of benzene rings is 1. The standard InChI is InChI=1S/C19H31N3O4S/c1-13(2)19(3,12-20)21-18(23)14-9-10-16(26-4)17(11-14)27(24,25)22-15-7-5-6-8-15/h9-11,13,15,22H,5-8,12,20H2,1-4H3,(H,21,23). The van der Waals surface area contributed by atoms with Crippen LogP contribution in [-0.4, -0.2) is 39.6 Å². The number of sulfonamides is 1. The highest BCUT2D eigenvalue weighted by atomic mass is 32.2. The molecule has 1 aromatic rings. The third-order valence-corrected chi connectivity index (χ3v) is 7.03. The predicted octanol–water partition coefficient (Wildman–Crippen LogP) is 2.02. The second kappa shape index (κ2) is 8.58. The number of ether oxygens (including phenoxy) is 1. The van der Waals surface area contributed by atoms with Gasteiger partial charge in [-0.25, -0.2) is 13.1 Å². The summed E-state index contributed by atoms with van der Waals surface area (Å²) < 4.78 is 33.6. The summed E-state index contributed by atoms with van der Waals surface area (Å²) in [5, 5.41) is 2.93. The molecule has 0 aromatic heterocycles. The molecule has 1 saturated carbocycles. The van der Waals surface area contributed by atoms with Gasteiger partial charge in [0.1, 0.15) is 10.6 Å². The average Bonchev–Trinajstić information content (AvgIpc) is 3.12. The van der Waals surface area contributed by atoms with Gasteiger partial charge in [-0.2, -0.15) is 0 Å². The summed E-state index contributed by atoms with van der Waals surface area (Å²) in [5.41, 5.74) is 5.50. The molecule has 1 aliphatic rings. The van der Waals surface area contributed by atoms with Crippen molar-refractivity contribution in [2.45, 2.75) is 62.9 Å². The van der Waals surface area contributed by atoms with Crippen molar-refractivity contribution in [3.63, 3.8) is 0 Å². The molecule has 0 saturated heterocycles. The summed E-state index contributed by atoms with van der Waals surface area (Å²) in [6.45, 7) is 6.10. The van der Waals surface area contributed by atoms with Gasteiger partial charge >= 0.3 is 0 Å². The first kappa shape index (κ1) is 21.7. The van der Waals surface area contributed by atoms with E-state index in [0.717, 1.165) is 25.7 Å². The molecule has 1 atom stereocenters. The Labute approximate surface area is 162 Å². The zero-order valence-corrected chi connectivity index (χ0v) is 17.4. The highest BCUT2D eigenvalue weighted by molar-refractivity contribution is 7.89. The Morgan fingerprint density at radius 2 is 1.96 bits per heavy atom. The van der Waals surface area contributed by atoms with Crippen LogP contribution in [0.5, 0.6) is 5.75 Å². The van der Waals surface area contributed by atoms with Gasteiger partial charge in [-0.15, -0.1) is 0 Å². The van der Waals surface area contributed by atoms with Crippen LogP contribution in [0.3, 0.4) is 0 Å². The number of nitrogens with two attached hydrogens (primary N) is 1. The van der Waals surface area contributed by atoms with Crippen LogP contribution in [-0.2, 0) is 10.0 Å². The van der Waals surface area contributed by atoms with Crippen LogP contribution in [0.1, 0.15) is 56.8 Å². The number of nitrogens with one attached hydrogen (secondary N) is 2. The van der Waals surface area contributed by atoms with E-state index in [0.29, 0.717) is 0 Å². The van der Waals surface area contributed by atoms with Gasteiger partial charge in [0, 0.05) is 18.2 Å². The zero-order chi connectivity index (χ0) is 20.2. The minimum Gasteiger partial charge on any atom is -0.495 e. The topological polar surface area (TPSA) is 111 Å². The number of rotatable bonds is 8. The van der Waals surface area contributed by atoms with E-state index in [-0.39, 0.29) is 40.6 Å². The largest absolute Gasteiger partial charge is 0.495 e. The summed E-state index contributed by atoms with van der Waals surface area (Å²) in [5.74, 6) is -0.0314. The van der Waals surface area contributed by atoms with Crippen molar-refractivity contribution < 1.29 is 17.9 Å². The van der Waals surface area contributed by atoms with Gasteiger partial charge < -0.3 is 15.8 Å². The molecular weight excluding hydrogens is 366 g/mol. The van der Waals surface area contributed by atoms with E-state index < -0.39 is 15.6 Å². The van der Waals surface area contributed by atoms with Gasteiger partial charge in [-0.05, 0) is 43.9 Å². The Kier molecular flexibility index (Phi) is 6.88. The number of amides is 1. The second-order valence-corrected chi connectivity index (χ2v) is 9.38. The van der Waals surface area contributed by atoms with Crippen LogP contribution in [0.15, 0.2) is 23.1 Å². The molecule has 8 heteroatoms. The molecule has 1 aromatic carbocycles. The van der Waals surface area contributed by atoms with Gasteiger partial charge in [0.25, 0.3) is 5.91 Å². The molecule has 0 aliphatic heterocycles. The molecule has 27 heavy (non-hydrogen) atoms. The molecule has 0 radical (unpaired) electrons. The maximum atomic E-state index is 12.8. The van der Waals surface area contributed by atoms with E-state index in [1.165, 1.54) is 19.2 Å². The molecule has 1 unspecified atom stereocenters. The molecule has 1 fully saturated rings. The second-order valence-electron chi connectivity index (χ2n) is 7.70. The van der Waals surface area contributed by atoms with E-state index in [4.69, 9.17) is 10.5 Å². The maximum Gasteiger partial charge on any atom is 0.251 e. The van der Waals surface area contributed by atoms with Crippen LogP contribution in [0.4, 0.5) is 0 Å². The molecule has 152 valence electrons. The lowest BCUT2D eigenvalue weighted by Crippen LogP contribution is -2.55. The number of hydrogen-bond donors (Lipinski definition) is 3. The molecule has 0 spiro atoms. The Morgan fingerprint density at radius 1 is 1.33 bits per heavy atom. The van der Waals surface area contributed by atoms with Gasteiger partial charge in [-0.1, -0.05) is 26.7 Å². The molecule has 0 bridgehead atoms. The third kappa shape index (κ3) is 5.00. The van der Waals surface area contributed by atoms with Crippen molar-refractivity contribution in [2.24, 2.45) is 11.7 Å². The van der Waals surface area contributed by atoms with Crippen LogP contribution in [0, 0.1) is 5.92 Å². The van der Waals surface area contributed by atoms with E-state index in [2.05, 4.69) is 10.0 Å². The van der Waals surface area contributed by atoms with Crippen LogP contribution < -0.4 is 20.5 Å². The summed E-state index contributed by atoms with van der Waals surface area (Å²) >= 11 is 0. The Bertz CT molecular complexity index is 773. The van der Waals surface area contributed by atoms with Gasteiger partial charge in [0.05, 0.1) is 12.6 Å². The molecular formula is C19H31N3O4S. The van der Waals surface area contributed by atoms with E-state index >= 15 is 0 Å². The summed E-state index contributed by atoms with van der Waals surface area (Å²) in [7, 11) is -2.38. The molecule has 1 amide bonds. The molecule has 2 rings (SSSR count). The zero-order valence-electron chi connectivity index (χ0n) is 16.5. The normalized spacial score (nSPS) is 17.7. The number of hydrogen-bond acceptors (Lipinski definition) is 5. The number of methoxy groups -OCH3 is 1. The molecule has 1 aliphatic carbocycles. The smallest absolute Gasteiger partial charge is 0.251 e. The summed E-state index contributed by atoms with van der Waals surface area (Å²) in [4.78, 5) is 12.7. The van der Waals surface area contributed by atoms with Crippen molar-refractivity contribution in [1.29, 1.82) is 0 Å². The van der Waals surface area contributed by atoms with Crippen LogP contribution >= 0.6 is 0 Å². The lowest BCUT2D eigenvalue weighted by molar-refractivity contribution is 0.0883. The number of carbonyl (C=O) groups is 1. The van der Waals surface area contributed by atoms with Gasteiger partial charge in [0.15, 0.2) is 0 Å². The Hall–Kier alpha value is -1.64. The maximum absolute atomic E-state index is 12.8. The SMILES string of the molecule is COc1ccc(C(=O)NC(C)(CN)C(C)C)cc1S(=O)(=O)NC1CCCC1. The Balaban J connectivity index is 2.32. The monoisotopic (exact) mass is 397 g/mol. The fourth-order valence-electron chi connectivity index (χ4n) is 3.12.